The second-order valence-electron chi connectivity index (χ2n) is 3.43. The van der Waals surface area contributed by atoms with Gasteiger partial charge in [-0.3, -0.25) is 0 Å². The molecule has 1 rings (SSSR count). The van der Waals surface area contributed by atoms with Gasteiger partial charge >= 0.3 is 0 Å². The predicted octanol–water partition coefficient (Wildman–Crippen LogP) is 4.07. The zero-order chi connectivity index (χ0) is 10.7. The number of rotatable bonds is 3. The van der Waals surface area contributed by atoms with Crippen LogP contribution in [0.1, 0.15) is 24.9 Å². The molecule has 0 heterocycles. The Labute approximate surface area is 98.1 Å². The van der Waals surface area contributed by atoms with Crippen molar-refractivity contribution in [1.29, 1.82) is 0 Å². The van der Waals surface area contributed by atoms with E-state index in [-0.39, 0.29) is 6.04 Å². The molecule has 2 N–H and O–H groups in total. The summed E-state index contributed by atoms with van der Waals surface area (Å²) < 4.78 is 0.995. The fourth-order valence-corrected chi connectivity index (χ4v) is 1.92. The van der Waals surface area contributed by atoms with Crippen LogP contribution in [0.2, 0.25) is 5.02 Å². The Bertz CT molecular complexity index is 349. The lowest BCUT2D eigenvalue weighted by Crippen LogP contribution is -2.10. The average molecular weight is 275 g/mol. The summed E-state index contributed by atoms with van der Waals surface area (Å²) in [5.41, 5.74) is 8.03. The molecule has 0 saturated carbocycles. The van der Waals surface area contributed by atoms with Crippen LogP contribution in [0.4, 0.5) is 0 Å². The van der Waals surface area contributed by atoms with Crippen LogP contribution < -0.4 is 5.73 Å². The Kier molecular flexibility index (Phi) is 4.17. The maximum absolute atomic E-state index is 6.04. The van der Waals surface area contributed by atoms with Crippen LogP contribution in [0.5, 0.6) is 0 Å². The molecule has 0 fully saturated rings. The second-order valence-corrected chi connectivity index (χ2v) is 4.76. The lowest BCUT2D eigenvalue weighted by molar-refractivity contribution is 0.717. The molecule has 1 atom stereocenters. The fraction of sp³-hybridized carbons (Fsp3) is 0.273. The highest BCUT2D eigenvalue weighted by atomic mass is 79.9. The van der Waals surface area contributed by atoms with E-state index >= 15 is 0 Å². The van der Waals surface area contributed by atoms with Gasteiger partial charge in [-0.2, -0.15) is 0 Å². The third-order valence-corrected chi connectivity index (χ3v) is 2.76. The number of halogens is 2. The topological polar surface area (TPSA) is 26.0 Å². The molecule has 0 aliphatic carbocycles. The molecular formula is C11H13BrClN. The first-order chi connectivity index (χ1) is 6.50. The Morgan fingerprint density at radius 1 is 1.64 bits per heavy atom. The number of hydrogen-bond donors (Lipinski definition) is 1. The van der Waals surface area contributed by atoms with Crippen LogP contribution in [-0.4, -0.2) is 0 Å². The molecule has 0 amide bonds. The van der Waals surface area contributed by atoms with E-state index < -0.39 is 0 Å². The van der Waals surface area contributed by atoms with Crippen molar-refractivity contribution in [3.8, 4) is 0 Å². The molecule has 1 aromatic carbocycles. The third-order valence-electron chi connectivity index (χ3n) is 1.93. The molecule has 0 unspecified atom stereocenters. The van der Waals surface area contributed by atoms with Gasteiger partial charge < -0.3 is 5.73 Å². The van der Waals surface area contributed by atoms with Crippen molar-refractivity contribution in [1.82, 2.24) is 0 Å². The summed E-state index contributed by atoms with van der Waals surface area (Å²) in [6.07, 6.45) is 0.760. The molecule has 0 spiro atoms. The van der Waals surface area contributed by atoms with Gasteiger partial charge in [0.15, 0.2) is 0 Å². The Balaban J connectivity index is 2.93. The van der Waals surface area contributed by atoms with E-state index in [0.717, 1.165) is 22.0 Å². The number of benzene rings is 1. The molecule has 1 nitrogen and oxygen atoms in total. The molecule has 0 aliphatic heterocycles. The van der Waals surface area contributed by atoms with Crippen LogP contribution in [0, 0.1) is 0 Å². The summed E-state index contributed by atoms with van der Waals surface area (Å²) >= 11 is 9.44. The van der Waals surface area contributed by atoms with E-state index in [4.69, 9.17) is 17.3 Å². The predicted molar refractivity (Wildman–Crippen MR) is 65.5 cm³/mol. The third kappa shape index (κ3) is 3.12. The standard InChI is InChI=1S/C11H13BrClN/c1-7(2)5-11(14)9-6-8(12)3-4-10(9)13/h3-4,6,11H,1,5,14H2,2H3/t11-/m1/s1. The highest BCUT2D eigenvalue weighted by Gasteiger charge is 2.10. The molecular weight excluding hydrogens is 261 g/mol. The molecule has 0 radical (unpaired) electrons. The minimum atomic E-state index is -0.0718. The Morgan fingerprint density at radius 3 is 2.86 bits per heavy atom. The van der Waals surface area contributed by atoms with Gasteiger partial charge in [-0.1, -0.05) is 33.1 Å². The van der Waals surface area contributed by atoms with Crippen molar-refractivity contribution in [2.75, 3.05) is 0 Å². The van der Waals surface area contributed by atoms with Crippen molar-refractivity contribution < 1.29 is 0 Å². The van der Waals surface area contributed by atoms with Gasteiger partial charge in [-0.25, -0.2) is 0 Å². The Morgan fingerprint density at radius 2 is 2.29 bits per heavy atom. The number of hydrogen-bond acceptors (Lipinski definition) is 1. The van der Waals surface area contributed by atoms with Crippen LogP contribution in [0.15, 0.2) is 34.8 Å². The maximum Gasteiger partial charge on any atom is 0.0454 e. The second kappa shape index (κ2) is 4.96. The van der Waals surface area contributed by atoms with Gasteiger partial charge in [0.2, 0.25) is 0 Å². The summed E-state index contributed by atoms with van der Waals surface area (Å²) in [4.78, 5) is 0. The molecule has 0 bridgehead atoms. The Hall–Kier alpha value is -0.310. The van der Waals surface area contributed by atoms with Crippen molar-refractivity contribution >= 4 is 27.5 Å². The quantitative estimate of drug-likeness (QED) is 0.826. The van der Waals surface area contributed by atoms with E-state index in [1.54, 1.807) is 0 Å². The van der Waals surface area contributed by atoms with Gasteiger partial charge in [0.1, 0.15) is 0 Å². The summed E-state index contributed by atoms with van der Waals surface area (Å²) in [6.45, 7) is 5.80. The van der Waals surface area contributed by atoms with Crippen molar-refractivity contribution in [2.24, 2.45) is 5.73 Å². The summed E-state index contributed by atoms with van der Waals surface area (Å²) in [6, 6.07) is 5.63. The first-order valence-corrected chi connectivity index (χ1v) is 5.52. The first kappa shape index (κ1) is 11.8. The van der Waals surface area contributed by atoms with Gasteiger partial charge in [0.05, 0.1) is 0 Å². The maximum atomic E-state index is 6.04. The van der Waals surface area contributed by atoms with Crippen LogP contribution >= 0.6 is 27.5 Å². The summed E-state index contributed by atoms with van der Waals surface area (Å²) in [5, 5.41) is 0.710. The van der Waals surface area contributed by atoms with Crippen LogP contribution in [0.3, 0.4) is 0 Å². The molecule has 14 heavy (non-hydrogen) atoms. The molecule has 0 aromatic heterocycles. The summed E-state index contributed by atoms with van der Waals surface area (Å²) in [5.74, 6) is 0. The smallest absolute Gasteiger partial charge is 0.0454 e. The molecule has 76 valence electrons. The van der Waals surface area contributed by atoms with Crippen molar-refractivity contribution in [3.05, 3.63) is 45.4 Å². The lowest BCUT2D eigenvalue weighted by Gasteiger charge is -2.13. The van der Waals surface area contributed by atoms with Gasteiger partial charge in [0.25, 0.3) is 0 Å². The summed E-state index contributed by atoms with van der Waals surface area (Å²) in [7, 11) is 0. The van der Waals surface area contributed by atoms with Crippen molar-refractivity contribution in [2.45, 2.75) is 19.4 Å². The van der Waals surface area contributed by atoms with E-state index in [0.29, 0.717) is 5.02 Å². The molecule has 3 heteroatoms. The molecule has 0 saturated heterocycles. The monoisotopic (exact) mass is 273 g/mol. The minimum Gasteiger partial charge on any atom is -0.324 e. The van der Waals surface area contributed by atoms with Gasteiger partial charge in [-0.05, 0) is 37.1 Å². The average Bonchev–Trinajstić information content (AvgIpc) is 2.08. The van der Waals surface area contributed by atoms with Crippen LogP contribution in [0.25, 0.3) is 0 Å². The highest BCUT2D eigenvalue weighted by molar-refractivity contribution is 9.10. The normalized spacial score (nSPS) is 12.6. The first-order valence-electron chi connectivity index (χ1n) is 4.35. The zero-order valence-electron chi connectivity index (χ0n) is 8.06. The van der Waals surface area contributed by atoms with Crippen molar-refractivity contribution in [3.63, 3.8) is 0 Å². The largest absolute Gasteiger partial charge is 0.324 e. The van der Waals surface area contributed by atoms with E-state index in [9.17, 15) is 0 Å². The van der Waals surface area contributed by atoms with E-state index in [1.165, 1.54) is 0 Å². The zero-order valence-corrected chi connectivity index (χ0v) is 10.4. The highest BCUT2D eigenvalue weighted by Crippen LogP contribution is 2.28. The van der Waals surface area contributed by atoms with E-state index in [2.05, 4.69) is 22.5 Å². The fourth-order valence-electron chi connectivity index (χ4n) is 1.28. The SMILES string of the molecule is C=C(C)C[C@@H](N)c1cc(Br)ccc1Cl. The molecule has 1 aromatic rings. The minimum absolute atomic E-state index is 0.0718. The number of nitrogens with two attached hydrogens (primary N) is 1. The van der Waals surface area contributed by atoms with Gasteiger partial charge in [-0.15, -0.1) is 6.58 Å². The lowest BCUT2D eigenvalue weighted by atomic mass is 10.0. The van der Waals surface area contributed by atoms with Gasteiger partial charge in [0, 0.05) is 15.5 Å². The molecule has 0 aliphatic rings. The van der Waals surface area contributed by atoms with E-state index in [1.807, 2.05) is 25.1 Å². The van der Waals surface area contributed by atoms with Crippen LogP contribution in [-0.2, 0) is 0 Å².